The third-order valence-electron chi connectivity index (χ3n) is 2.35. The second kappa shape index (κ2) is 4.26. The van der Waals surface area contributed by atoms with Gasteiger partial charge in [-0.05, 0) is 25.3 Å². The van der Waals surface area contributed by atoms with E-state index in [-0.39, 0.29) is 5.92 Å². The van der Waals surface area contributed by atoms with E-state index in [1.807, 2.05) is 20.2 Å². The molecule has 0 aliphatic rings. The standard InChI is InChI=1S/C10H16N2O2/c1-7(10(13)14)4-5-9-8(2)6-12(3)11-9/h6-7H,4-5H2,1-3H3,(H,13,14). The van der Waals surface area contributed by atoms with Gasteiger partial charge in [0.15, 0.2) is 0 Å². The molecule has 0 aliphatic heterocycles. The molecule has 4 nitrogen and oxygen atoms in total. The van der Waals surface area contributed by atoms with Gasteiger partial charge in [0.05, 0.1) is 11.6 Å². The van der Waals surface area contributed by atoms with E-state index in [2.05, 4.69) is 5.10 Å². The fraction of sp³-hybridized carbons (Fsp3) is 0.600. The van der Waals surface area contributed by atoms with Crippen molar-refractivity contribution in [2.75, 3.05) is 0 Å². The lowest BCUT2D eigenvalue weighted by Gasteiger charge is -2.03. The van der Waals surface area contributed by atoms with E-state index in [1.54, 1.807) is 11.6 Å². The van der Waals surface area contributed by atoms with Crippen LogP contribution in [0.3, 0.4) is 0 Å². The van der Waals surface area contributed by atoms with Gasteiger partial charge in [0, 0.05) is 13.2 Å². The molecule has 14 heavy (non-hydrogen) atoms. The highest BCUT2D eigenvalue weighted by Gasteiger charge is 2.12. The summed E-state index contributed by atoms with van der Waals surface area (Å²) in [6.07, 6.45) is 3.33. The van der Waals surface area contributed by atoms with Crippen LogP contribution in [0.15, 0.2) is 6.20 Å². The Kier molecular flexibility index (Phi) is 3.28. The van der Waals surface area contributed by atoms with Gasteiger partial charge < -0.3 is 5.11 Å². The maximum absolute atomic E-state index is 10.6. The average Bonchev–Trinajstić information content (AvgIpc) is 2.40. The van der Waals surface area contributed by atoms with Crippen LogP contribution in [0.2, 0.25) is 0 Å². The van der Waals surface area contributed by atoms with E-state index < -0.39 is 5.97 Å². The summed E-state index contributed by atoms with van der Waals surface area (Å²) >= 11 is 0. The maximum Gasteiger partial charge on any atom is 0.306 e. The number of carboxylic acids is 1. The van der Waals surface area contributed by atoms with Gasteiger partial charge in [-0.15, -0.1) is 0 Å². The fourth-order valence-corrected chi connectivity index (χ4v) is 1.38. The Morgan fingerprint density at radius 3 is 2.79 bits per heavy atom. The summed E-state index contributed by atoms with van der Waals surface area (Å²) in [7, 11) is 1.87. The highest BCUT2D eigenvalue weighted by Crippen LogP contribution is 2.11. The summed E-state index contributed by atoms with van der Waals surface area (Å²) < 4.78 is 1.76. The lowest BCUT2D eigenvalue weighted by atomic mass is 10.0. The third-order valence-corrected chi connectivity index (χ3v) is 2.35. The highest BCUT2D eigenvalue weighted by molar-refractivity contribution is 5.69. The second-order valence-electron chi connectivity index (χ2n) is 3.71. The Morgan fingerprint density at radius 1 is 1.71 bits per heavy atom. The number of carboxylic acid groups (broad SMARTS) is 1. The molecular weight excluding hydrogens is 180 g/mol. The molecule has 0 bridgehead atoms. The monoisotopic (exact) mass is 196 g/mol. The Labute approximate surface area is 83.5 Å². The Morgan fingerprint density at radius 2 is 2.36 bits per heavy atom. The first-order chi connectivity index (χ1) is 6.50. The molecular formula is C10H16N2O2. The summed E-state index contributed by atoms with van der Waals surface area (Å²) in [6.45, 7) is 3.72. The molecule has 1 rings (SSSR count). The predicted octanol–water partition coefficient (Wildman–Crippen LogP) is 1.38. The van der Waals surface area contributed by atoms with Crippen molar-refractivity contribution >= 4 is 5.97 Å². The summed E-state index contributed by atoms with van der Waals surface area (Å²) in [5.41, 5.74) is 2.13. The van der Waals surface area contributed by atoms with E-state index >= 15 is 0 Å². The van der Waals surface area contributed by atoms with E-state index in [1.165, 1.54) is 0 Å². The summed E-state index contributed by atoms with van der Waals surface area (Å²) in [5.74, 6) is -1.03. The van der Waals surface area contributed by atoms with Gasteiger partial charge in [0.2, 0.25) is 0 Å². The number of hydrogen-bond acceptors (Lipinski definition) is 2. The summed E-state index contributed by atoms with van der Waals surface area (Å²) in [5, 5.41) is 13.0. The Balaban J connectivity index is 2.53. The molecule has 4 heteroatoms. The van der Waals surface area contributed by atoms with Crippen molar-refractivity contribution in [3.63, 3.8) is 0 Å². The Hall–Kier alpha value is -1.32. The zero-order valence-corrected chi connectivity index (χ0v) is 8.82. The first-order valence-corrected chi connectivity index (χ1v) is 4.72. The number of hydrogen-bond donors (Lipinski definition) is 1. The number of rotatable bonds is 4. The molecule has 1 heterocycles. The minimum atomic E-state index is -0.737. The molecule has 0 aromatic carbocycles. The first kappa shape index (κ1) is 10.8. The normalized spacial score (nSPS) is 12.8. The second-order valence-corrected chi connectivity index (χ2v) is 3.71. The van der Waals surface area contributed by atoms with Crippen molar-refractivity contribution in [1.82, 2.24) is 9.78 Å². The lowest BCUT2D eigenvalue weighted by molar-refractivity contribution is -0.141. The van der Waals surface area contributed by atoms with Crippen LogP contribution in [-0.4, -0.2) is 20.9 Å². The molecule has 0 saturated carbocycles. The third kappa shape index (κ3) is 2.58. The van der Waals surface area contributed by atoms with E-state index in [4.69, 9.17) is 5.11 Å². The molecule has 0 radical (unpaired) electrons. The van der Waals surface area contributed by atoms with Crippen LogP contribution in [0.5, 0.6) is 0 Å². The van der Waals surface area contributed by atoms with E-state index in [0.717, 1.165) is 17.7 Å². The smallest absolute Gasteiger partial charge is 0.306 e. The lowest BCUT2D eigenvalue weighted by Crippen LogP contribution is -2.10. The number of aromatic nitrogens is 2. The van der Waals surface area contributed by atoms with Crippen molar-refractivity contribution in [3.8, 4) is 0 Å². The van der Waals surface area contributed by atoms with Gasteiger partial charge in [0.1, 0.15) is 0 Å². The van der Waals surface area contributed by atoms with Crippen molar-refractivity contribution < 1.29 is 9.90 Å². The molecule has 1 atom stereocenters. The van der Waals surface area contributed by atoms with E-state index in [9.17, 15) is 4.79 Å². The van der Waals surface area contributed by atoms with Gasteiger partial charge in [-0.25, -0.2) is 0 Å². The Bertz CT molecular complexity index is 331. The highest BCUT2D eigenvalue weighted by atomic mass is 16.4. The van der Waals surface area contributed by atoms with Gasteiger partial charge in [-0.2, -0.15) is 5.10 Å². The van der Waals surface area contributed by atoms with Gasteiger partial charge in [-0.1, -0.05) is 6.92 Å². The van der Waals surface area contributed by atoms with Gasteiger partial charge >= 0.3 is 5.97 Å². The zero-order chi connectivity index (χ0) is 10.7. The molecule has 0 amide bonds. The molecule has 0 spiro atoms. The number of nitrogens with zero attached hydrogens (tertiary/aromatic N) is 2. The van der Waals surface area contributed by atoms with Crippen LogP contribution in [0, 0.1) is 12.8 Å². The van der Waals surface area contributed by atoms with Crippen molar-refractivity contribution in [1.29, 1.82) is 0 Å². The van der Waals surface area contributed by atoms with Crippen LogP contribution >= 0.6 is 0 Å². The number of aliphatic carboxylic acids is 1. The fourth-order valence-electron chi connectivity index (χ4n) is 1.38. The van der Waals surface area contributed by atoms with Crippen LogP contribution in [-0.2, 0) is 18.3 Å². The van der Waals surface area contributed by atoms with Crippen LogP contribution < -0.4 is 0 Å². The molecule has 0 fully saturated rings. The number of aryl methyl sites for hydroxylation is 3. The largest absolute Gasteiger partial charge is 0.481 e. The molecule has 1 unspecified atom stereocenters. The summed E-state index contributed by atoms with van der Waals surface area (Å²) in [4.78, 5) is 10.6. The predicted molar refractivity (Wildman–Crippen MR) is 53.1 cm³/mol. The van der Waals surface area contributed by atoms with Crippen molar-refractivity contribution in [2.45, 2.75) is 26.7 Å². The maximum atomic E-state index is 10.6. The molecule has 0 saturated heterocycles. The van der Waals surface area contributed by atoms with Gasteiger partial charge in [0.25, 0.3) is 0 Å². The van der Waals surface area contributed by atoms with Crippen molar-refractivity contribution in [3.05, 3.63) is 17.5 Å². The quantitative estimate of drug-likeness (QED) is 0.791. The van der Waals surface area contributed by atoms with Gasteiger partial charge in [-0.3, -0.25) is 9.48 Å². The van der Waals surface area contributed by atoms with Crippen LogP contribution in [0.25, 0.3) is 0 Å². The minimum absolute atomic E-state index is 0.295. The molecule has 1 aromatic heterocycles. The molecule has 0 aliphatic carbocycles. The molecule has 1 N–H and O–H groups in total. The average molecular weight is 196 g/mol. The van der Waals surface area contributed by atoms with E-state index in [0.29, 0.717) is 6.42 Å². The minimum Gasteiger partial charge on any atom is -0.481 e. The topological polar surface area (TPSA) is 55.1 Å². The zero-order valence-electron chi connectivity index (χ0n) is 8.82. The first-order valence-electron chi connectivity index (χ1n) is 4.72. The summed E-state index contributed by atoms with van der Waals surface area (Å²) in [6, 6.07) is 0. The van der Waals surface area contributed by atoms with Crippen LogP contribution in [0.4, 0.5) is 0 Å². The molecule has 1 aromatic rings. The van der Waals surface area contributed by atoms with Crippen LogP contribution in [0.1, 0.15) is 24.6 Å². The number of carbonyl (C=O) groups is 1. The SMILES string of the molecule is Cc1cn(C)nc1CCC(C)C(=O)O. The van der Waals surface area contributed by atoms with Crippen molar-refractivity contribution in [2.24, 2.45) is 13.0 Å². The molecule has 78 valence electrons.